The van der Waals surface area contributed by atoms with Crippen LogP contribution in [-0.2, 0) is 26.8 Å². The van der Waals surface area contributed by atoms with Crippen LogP contribution < -0.4 is 10.4 Å². The summed E-state index contributed by atoms with van der Waals surface area (Å²) in [5.41, 5.74) is 20.4. The highest BCUT2D eigenvalue weighted by molar-refractivity contribution is 6.48. The average Bonchev–Trinajstić information content (AvgIpc) is 3.89. The highest BCUT2D eigenvalue weighted by Gasteiger charge is 2.80. The first-order valence-electron chi connectivity index (χ1n) is 22.2. The quantitative estimate of drug-likeness (QED) is 0.0889. The summed E-state index contributed by atoms with van der Waals surface area (Å²) in [5, 5.41) is 19.6. The zero-order chi connectivity index (χ0) is 35.6. The van der Waals surface area contributed by atoms with Crippen molar-refractivity contribution in [3.8, 4) is 0 Å². The molecular formula is C54H38O2. The Bertz CT molecular complexity index is 3500. The van der Waals surface area contributed by atoms with Gasteiger partial charge in [0.05, 0.1) is 6.61 Å². The number of carbonyl (C=O) groups is 1. The lowest BCUT2D eigenvalue weighted by atomic mass is 9.60. The molecule has 2 heteroatoms. The van der Waals surface area contributed by atoms with Crippen LogP contribution in [0.1, 0.15) is 103 Å². The minimum atomic E-state index is -0.116. The van der Waals surface area contributed by atoms with Crippen LogP contribution in [0.25, 0.3) is 76.7 Å². The Kier molecular flexibility index (Phi) is 3.92. The van der Waals surface area contributed by atoms with E-state index in [9.17, 15) is 4.79 Å². The van der Waals surface area contributed by atoms with Gasteiger partial charge in [-0.1, -0.05) is 68.0 Å². The minimum Gasteiger partial charge on any atom is -0.466 e. The maximum absolute atomic E-state index is 13.2. The van der Waals surface area contributed by atoms with Crippen LogP contribution in [0.5, 0.6) is 0 Å². The summed E-state index contributed by atoms with van der Waals surface area (Å²) in [4.78, 5) is 13.2. The van der Waals surface area contributed by atoms with Crippen LogP contribution >= 0.6 is 0 Å². The van der Waals surface area contributed by atoms with Gasteiger partial charge < -0.3 is 4.74 Å². The molecule has 3 saturated carbocycles. The number of rotatable bonds is 8. The van der Waals surface area contributed by atoms with Crippen LogP contribution in [-0.4, -0.2) is 12.6 Å². The van der Waals surface area contributed by atoms with Gasteiger partial charge in [-0.15, -0.1) is 0 Å². The summed E-state index contributed by atoms with van der Waals surface area (Å²) in [5.74, 6) is 4.02. The van der Waals surface area contributed by atoms with Gasteiger partial charge >= 0.3 is 5.97 Å². The summed E-state index contributed by atoms with van der Waals surface area (Å²) in [7, 11) is 0. The Morgan fingerprint density at radius 2 is 1.70 bits per heavy atom. The number of fused-ring (bicyclic) bond motifs is 1. The Hall–Kier alpha value is -4.95. The number of esters is 1. The largest absolute Gasteiger partial charge is 0.466 e. The third kappa shape index (κ3) is 2.28. The summed E-state index contributed by atoms with van der Waals surface area (Å²) < 4.78 is 5.77. The molecule has 11 aliphatic carbocycles. The van der Waals surface area contributed by atoms with Crippen molar-refractivity contribution in [3.05, 3.63) is 115 Å². The molecule has 266 valence electrons. The van der Waals surface area contributed by atoms with E-state index in [1.165, 1.54) is 35.4 Å². The molecule has 9 unspecified atom stereocenters. The Morgan fingerprint density at radius 1 is 0.804 bits per heavy atom. The third-order valence-corrected chi connectivity index (χ3v) is 18.9. The van der Waals surface area contributed by atoms with Crippen LogP contribution in [0, 0.1) is 29.6 Å². The van der Waals surface area contributed by atoms with Crippen molar-refractivity contribution in [2.75, 3.05) is 6.61 Å². The molecule has 0 bridgehead atoms. The van der Waals surface area contributed by atoms with Gasteiger partial charge in [0.1, 0.15) is 0 Å². The molecule has 1 spiro atoms. The molecule has 2 nitrogen and oxygen atoms in total. The number of carbonyl (C=O) groups excluding carboxylic acids is 1. The molecule has 0 saturated heterocycles. The molecule has 0 heterocycles. The lowest BCUT2D eigenvalue weighted by molar-refractivity contribution is -0.143. The second-order valence-electron chi connectivity index (χ2n) is 20.4. The van der Waals surface area contributed by atoms with Crippen molar-refractivity contribution >= 4 is 82.6 Å². The zero-order valence-corrected chi connectivity index (χ0v) is 31.5. The molecular weight excluding hydrogens is 681 g/mol. The van der Waals surface area contributed by atoms with E-state index in [1.54, 1.807) is 104 Å². The molecule has 11 aliphatic rings. The van der Waals surface area contributed by atoms with E-state index in [1.807, 2.05) is 11.1 Å². The number of unbranched alkanes of at least 4 members (excludes halogenated alkanes) is 1. The van der Waals surface area contributed by atoms with E-state index in [0.29, 0.717) is 48.5 Å². The fraction of sp³-hybridized carbons (Fsp3) is 0.352. The SMILES string of the molecule is CCCCOC(=O)CCCC1(c2ccccc2)C2C3=CC4CC5=CC6CC7Cc8cc9cc%10c%11c(c%12c3c3c%13c%14c%15c%16c(c8C7C=%15C6C%14=C5C34)c9c%11c%16c%13%12)C21C=%10. The standard InChI is InChI=1S/C54H38O2/c1-2-3-12-56-30(55)10-7-11-53(28-8-5-4-6-9-28)52-29-19-26-17-23-15-24-14-21-13-22-16-25-18-27-20-54(52,53)51-37(27)42-36(25)41-32(22)31(21)39-35(24)40-33(23)34(26)43-38(29)50(51)49-47(42)45(41)44(39)46(40)48(43)49/h4-6,8-9,15-16,18-21,24,26,31,34-35,52H,2-3,7,10-14,17H2,1H3. The number of ether oxygens (including phenoxy) is 1. The number of hydrogen-bond acceptors (Lipinski definition) is 2. The molecule has 9 atom stereocenters. The van der Waals surface area contributed by atoms with Crippen molar-refractivity contribution in [3.63, 3.8) is 0 Å². The molecule has 7 aromatic carbocycles. The van der Waals surface area contributed by atoms with Crippen molar-refractivity contribution in [1.82, 2.24) is 0 Å². The van der Waals surface area contributed by atoms with Gasteiger partial charge in [0.15, 0.2) is 0 Å². The van der Waals surface area contributed by atoms with E-state index < -0.39 is 0 Å². The molecule has 0 N–H and O–H groups in total. The molecule has 0 aromatic heterocycles. The normalized spacial score (nSPS) is 34.7. The Balaban J connectivity index is 1.04. The van der Waals surface area contributed by atoms with Crippen molar-refractivity contribution in [2.24, 2.45) is 29.6 Å². The van der Waals surface area contributed by atoms with Gasteiger partial charge in [0, 0.05) is 40.9 Å². The number of hydrogen-bond donors (Lipinski definition) is 0. The monoisotopic (exact) mass is 718 g/mol. The topological polar surface area (TPSA) is 26.3 Å². The van der Waals surface area contributed by atoms with Crippen molar-refractivity contribution < 1.29 is 9.53 Å². The lowest BCUT2D eigenvalue weighted by Gasteiger charge is -2.43. The first-order chi connectivity index (χ1) is 27.7. The number of benzene rings is 5. The lowest BCUT2D eigenvalue weighted by Crippen LogP contribution is -2.33. The van der Waals surface area contributed by atoms with E-state index >= 15 is 0 Å². The van der Waals surface area contributed by atoms with Crippen LogP contribution in [0.2, 0.25) is 0 Å². The summed E-state index contributed by atoms with van der Waals surface area (Å²) in [6, 6.07) is 17.0. The highest BCUT2D eigenvalue weighted by Crippen LogP contribution is 2.84. The summed E-state index contributed by atoms with van der Waals surface area (Å²) in [6.45, 7) is 2.71. The molecule has 0 amide bonds. The second-order valence-corrected chi connectivity index (χ2v) is 20.4. The van der Waals surface area contributed by atoms with E-state index in [2.05, 4.69) is 67.6 Å². The highest BCUT2D eigenvalue weighted by atomic mass is 16.5. The molecule has 0 aliphatic heterocycles. The van der Waals surface area contributed by atoms with Gasteiger partial charge in [-0.3, -0.25) is 4.79 Å². The van der Waals surface area contributed by atoms with Crippen molar-refractivity contribution in [1.29, 1.82) is 0 Å². The van der Waals surface area contributed by atoms with Crippen LogP contribution in [0.4, 0.5) is 0 Å². The van der Waals surface area contributed by atoms with Gasteiger partial charge in [0.2, 0.25) is 0 Å². The van der Waals surface area contributed by atoms with E-state index in [4.69, 9.17) is 4.74 Å². The van der Waals surface area contributed by atoms with Crippen molar-refractivity contribution in [2.45, 2.75) is 81.0 Å². The average molecular weight is 719 g/mol. The van der Waals surface area contributed by atoms with Crippen LogP contribution in [0.15, 0.2) is 65.8 Å². The molecule has 3 fully saturated rings. The fourth-order valence-corrected chi connectivity index (χ4v) is 17.9. The predicted molar refractivity (Wildman–Crippen MR) is 223 cm³/mol. The smallest absolute Gasteiger partial charge is 0.305 e. The third-order valence-electron chi connectivity index (χ3n) is 18.9. The van der Waals surface area contributed by atoms with Gasteiger partial charge in [0.25, 0.3) is 0 Å². The molecule has 7 aromatic rings. The van der Waals surface area contributed by atoms with E-state index in [0.717, 1.165) is 31.6 Å². The van der Waals surface area contributed by atoms with E-state index in [-0.39, 0.29) is 16.8 Å². The molecule has 18 rings (SSSR count). The molecule has 56 heavy (non-hydrogen) atoms. The van der Waals surface area contributed by atoms with Gasteiger partial charge in [-0.2, -0.15) is 0 Å². The molecule has 0 radical (unpaired) electrons. The Labute approximate surface area is 323 Å². The predicted octanol–water partition coefficient (Wildman–Crippen LogP) is 10.2. The maximum atomic E-state index is 13.2. The van der Waals surface area contributed by atoms with Crippen LogP contribution in [0.3, 0.4) is 0 Å². The summed E-state index contributed by atoms with van der Waals surface area (Å²) in [6.07, 6.45) is 16.7. The maximum Gasteiger partial charge on any atom is 0.305 e. The van der Waals surface area contributed by atoms with Gasteiger partial charge in [-0.05, 0) is 193 Å². The summed E-state index contributed by atoms with van der Waals surface area (Å²) >= 11 is 0. The fourth-order valence-electron chi connectivity index (χ4n) is 17.9. The Morgan fingerprint density at radius 3 is 2.61 bits per heavy atom. The first-order valence-corrected chi connectivity index (χ1v) is 22.2. The second kappa shape index (κ2) is 7.95. The minimum absolute atomic E-state index is 0.0213. The first kappa shape index (κ1) is 27.6. The number of allylic oxidation sites excluding steroid dienone is 6. The zero-order valence-electron chi connectivity index (χ0n) is 31.5. The van der Waals surface area contributed by atoms with Gasteiger partial charge in [-0.25, -0.2) is 0 Å².